The molecule has 6 N–H and O–H groups in total. The summed E-state index contributed by atoms with van der Waals surface area (Å²) < 4.78 is 35.9. The van der Waals surface area contributed by atoms with Crippen LogP contribution in [0.5, 0.6) is 0 Å². The maximum absolute atomic E-state index is 13.2. The summed E-state index contributed by atoms with van der Waals surface area (Å²) >= 11 is 0. The van der Waals surface area contributed by atoms with Crippen molar-refractivity contribution in [1.82, 2.24) is 9.97 Å². The average Bonchev–Trinajstić information content (AvgIpc) is 3.05. The van der Waals surface area contributed by atoms with Gasteiger partial charge in [-0.1, -0.05) is 0 Å². The molecule has 0 radical (unpaired) electrons. The molecular weight excluding hydrogens is 630 g/mol. The molecule has 248 valence electrons. The Morgan fingerprint density at radius 2 is 1.00 bits per heavy atom. The Kier molecular flexibility index (Phi) is 11.2. The summed E-state index contributed by atoms with van der Waals surface area (Å²) in [5.41, 5.74) is 13.5. The largest absolute Gasteiger partial charge is 0.422 e. The molecule has 48 heavy (non-hydrogen) atoms. The summed E-state index contributed by atoms with van der Waals surface area (Å²) in [6.45, 7) is 3.28. The van der Waals surface area contributed by atoms with E-state index in [1.807, 2.05) is 0 Å². The predicted molar refractivity (Wildman–Crippen MR) is 175 cm³/mol. The van der Waals surface area contributed by atoms with E-state index in [1.54, 1.807) is 13.8 Å². The molecule has 0 aliphatic rings. The van der Waals surface area contributed by atoms with Gasteiger partial charge in [-0.25, -0.2) is 37.9 Å². The van der Waals surface area contributed by atoms with E-state index in [-0.39, 0.29) is 36.1 Å². The van der Waals surface area contributed by atoms with Crippen molar-refractivity contribution >= 4 is 70.1 Å². The van der Waals surface area contributed by atoms with Crippen molar-refractivity contribution in [2.45, 2.75) is 13.8 Å². The van der Waals surface area contributed by atoms with Gasteiger partial charge in [0.25, 0.3) is 0 Å². The number of esters is 2. The molecular formula is C32H30F2N8O6. The molecule has 0 spiro atoms. The second kappa shape index (κ2) is 15.6. The van der Waals surface area contributed by atoms with E-state index in [0.717, 1.165) is 9.80 Å². The van der Waals surface area contributed by atoms with Crippen LogP contribution >= 0.6 is 0 Å². The number of ether oxygens (including phenoxy) is 2. The van der Waals surface area contributed by atoms with Crippen LogP contribution in [-0.2, 0) is 19.1 Å². The van der Waals surface area contributed by atoms with Crippen molar-refractivity contribution < 1.29 is 37.4 Å². The minimum atomic E-state index is -1.23. The number of nitrogens with zero attached hydrogens (tertiary/aromatic N) is 4. The highest BCUT2D eigenvalue weighted by atomic mass is 19.1. The Balaban J connectivity index is 1.32. The van der Waals surface area contributed by atoms with Crippen LogP contribution in [0.2, 0.25) is 0 Å². The molecule has 4 aromatic rings. The molecule has 0 aliphatic carbocycles. The lowest BCUT2D eigenvalue weighted by Gasteiger charge is -2.21. The molecule has 0 atom stereocenters. The molecule has 16 heteroatoms. The van der Waals surface area contributed by atoms with Gasteiger partial charge in [0.2, 0.25) is 0 Å². The minimum Gasteiger partial charge on any atom is -0.382 e. The number of hydrogen-bond acceptors (Lipinski definition) is 12. The van der Waals surface area contributed by atoms with Gasteiger partial charge in [0.05, 0.1) is 11.4 Å². The molecule has 2 aromatic heterocycles. The van der Waals surface area contributed by atoms with Crippen molar-refractivity contribution in [3.8, 4) is 0 Å². The van der Waals surface area contributed by atoms with Crippen LogP contribution in [0.25, 0.3) is 0 Å². The predicted octanol–water partition coefficient (Wildman–Crippen LogP) is 5.64. The normalized spacial score (nSPS) is 10.7. The minimum absolute atomic E-state index is 0.0388. The molecule has 0 bridgehead atoms. The van der Waals surface area contributed by atoms with Crippen LogP contribution in [0.1, 0.15) is 13.8 Å². The van der Waals surface area contributed by atoms with E-state index in [0.29, 0.717) is 35.2 Å². The highest BCUT2D eigenvalue weighted by Crippen LogP contribution is 2.27. The lowest BCUT2D eigenvalue weighted by Crippen LogP contribution is -2.34. The molecule has 0 fully saturated rings. The number of hydrogen-bond donors (Lipinski definition) is 4. The second-order valence-corrected chi connectivity index (χ2v) is 9.66. The first-order valence-corrected chi connectivity index (χ1v) is 14.3. The number of carbonyl (C=O) groups is 4. The van der Waals surface area contributed by atoms with E-state index in [4.69, 9.17) is 20.9 Å². The number of rotatable bonds is 10. The monoisotopic (exact) mass is 660 g/mol. The van der Waals surface area contributed by atoms with Crippen LogP contribution in [0, 0.1) is 11.6 Å². The SMILES string of the molecule is CCN(C(=O)OC(=O)/C=C\C(=O)OC(=O)N(CC)c1ccc(Nc2ccc(F)cc2)nc1N)c1ccc(Nc2ccc(F)cc2)nc1N. The van der Waals surface area contributed by atoms with Crippen LogP contribution in [-0.4, -0.2) is 47.2 Å². The summed E-state index contributed by atoms with van der Waals surface area (Å²) in [5, 5.41) is 5.89. The maximum Gasteiger partial charge on any atom is 0.422 e. The van der Waals surface area contributed by atoms with E-state index in [9.17, 15) is 28.0 Å². The Labute approximate surface area is 273 Å². The van der Waals surface area contributed by atoms with Gasteiger partial charge >= 0.3 is 24.1 Å². The Hall–Kier alpha value is -6.58. The van der Waals surface area contributed by atoms with Crippen molar-refractivity contribution in [3.05, 3.63) is 96.6 Å². The molecule has 2 heterocycles. The van der Waals surface area contributed by atoms with E-state index >= 15 is 0 Å². The molecule has 0 aliphatic heterocycles. The number of pyridine rings is 2. The maximum atomic E-state index is 13.2. The van der Waals surface area contributed by atoms with Gasteiger partial charge in [0.1, 0.15) is 34.9 Å². The van der Waals surface area contributed by atoms with Gasteiger partial charge < -0.3 is 31.6 Å². The zero-order valence-corrected chi connectivity index (χ0v) is 25.6. The van der Waals surface area contributed by atoms with Crippen LogP contribution < -0.4 is 31.9 Å². The van der Waals surface area contributed by atoms with Crippen LogP contribution in [0.4, 0.5) is 64.4 Å². The number of nitrogen functional groups attached to an aromatic ring is 2. The summed E-state index contributed by atoms with van der Waals surface area (Å²) in [6, 6.07) is 17.1. The first kappa shape index (κ1) is 34.3. The Bertz CT molecular complexity index is 1700. The van der Waals surface area contributed by atoms with Crippen molar-refractivity contribution in [2.75, 3.05) is 45.0 Å². The van der Waals surface area contributed by atoms with Gasteiger partial charge in [-0.2, -0.15) is 0 Å². The Morgan fingerprint density at radius 1 is 0.646 bits per heavy atom. The van der Waals surface area contributed by atoms with Crippen molar-refractivity contribution in [2.24, 2.45) is 0 Å². The highest BCUT2D eigenvalue weighted by molar-refractivity contribution is 6.04. The lowest BCUT2D eigenvalue weighted by molar-refractivity contribution is -0.134. The number of nitrogens with two attached hydrogens (primary N) is 2. The standard InChI is InChI=1S/C32H30F2N8O6/c1-3-41(23-13-15-25(39-29(23)35)37-21-9-5-19(33)6-10-21)31(45)47-27(43)17-18-28(44)48-32(46)42(4-2)24-14-16-26(40-30(24)36)38-22-11-7-20(34)8-12-22/h5-18H,3-4H2,1-2H3,(H3,35,37,39)(H3,36,38,40)/b18-17-. The number of nitrogens with one attached hydrogen (secondary N) is 2. The van der Waals surface area contributed by atoms with E-state index < -0.39 is 35.8 Å². The van der Waals surface area contributed by atoms with Gasteiger partial charge in [-0.15, -0.1) is 0 Å². The number of halogens is 2. The molecule has 14 nitrogen and oxygen atoms in total. The summed E-state index contributed by atoms with van der Waals surface area (Å²) in [5.74, 6) is -2.77. The summed E-state index contributed by atoms with van der Waals surface area (Å²) in [6.07, 6.45) is -0.995. The smallest absolute Gasteiger partial charge is 0.382 e. The van der Waals surface area contributed by atoms with Gasteiger partial charge in [-0.3, -0.25) is 9.80 Å². The number of anilines is 8. The van der Waals surface area contributed by atoms with Crippen LogP contribution in [0.3, 0.4) is 0 Å². The molecule has 2 aromatic carbocycles. The van der Waals surface area contributed by atoms with Gasteiger partial charge in [-0.05, 0) is 86.6 Å². The lowest BCUT2D eigenvalue weighted by atomic mass is 10.3. The number of benzene rings is 2. The summed E-state index contributed by atoms with van der Waals surface area (Å²) in [7, 11) is 0. The zero-order valence-electron chi connectivity index (χ0n) is 25.6. The molecule has 0 unspecified atom stereocenters. The topological polar surface area (TPSA) is 195 Å². The van der Waals surface area contributed by atoms with Gasteiger partial charge in [0.15, 0.2) is 0 Å². The third kappa shape index (κ3) is 9.00. The fourth-order valence-electron chi connectivity index (χ4n) is 4.18. The fraction of sp³-hybridized carbons (Fsp3) is 0.125. The van der Waals surface area contributed by atoms with Crippen LogP contribution in [0.15, 0.2) is 84.9 Å². The van der Waals surface area contributed by atoms with E-state index in [1.165, 1.54) is 72.8 Å². The zero-order chi connectivity index (χ0) is 34.8. The van der Waals surface area contributed by atoms with Crippen molar-refractivity contribution in [3.63, 3.8) is 0 Å². The molecule has 2 amide bonds. The third-order valence-corrected chi connectivity index (χ3v) is 6.42. The molecule has 4 rings (SSSR count). The summed E-state index contributed by atoms with van der Waals surface area (Å²) in [4.78, 5) is 60.5. The first-order valence-electron chi connectivity index (χ1n) is 14.3. The quantitative estimate of drug-likeness (QED) is 0.0930. The molecule has 0 saturated heterocycles. The second-order valence-electron chi connectivity index (χ2n) is 9.66. The number of amides is 2. The average molecular weight is 661 g/mol. The van der Waals surface area contributed by atoms with E-state index in [2.05, 4.69) is 20.6 Å². The van der Waals surface area contributed by atoms with Gasteiger partial charge in [0, 0.05) is 36.6 Å². The first-order chi connectivity index (χ1) is 23.0. The number of carbonyl (C=O) groups excluding carboxylic acids is 4. The molecule has 0 saturated carbocycles. The fourth-order valence-corrected chi connectivity index (χ4v) is 4.18. The van der Waals surface area contributed by atoms with Crippen molar-refractivity contribution in [1.29, 1.82) is 0 Å². The Morgan fingerprint density at radius 3 is 1.31 bits per heavy atom. The third-order valence-electron chi connectivity index (χ3n) is 6.42. The number of aromatic nitrogens is 2. The highest BCUT2D eigenvalue weighted by Gasteiger charge is 2.23.